The summed E-state index contributed by atoms with van der Waals surface area (Å²) in [6.45, 7) is 1.72. The van der Waals surface area contributed by atoms with E-state index in [1.807, 2.05) is 4.72 Å². The molecule has 44 heavy (non-hydrogen) atoms. The molecule has 13 heteroatoms. The van der Waals surface area contributed by atoms with E-state index in [1.54, 1.807) is 91.9 Å². The number of nitrogens with zero attached hydrogens (tertiary/aromatic N) is 1. The highest BCUT2D eigenvalue weighted by molar-refractivity contribution is 7.93. The fourth-order valence-corrected chi connectivity index (χ4v) is 6.82. The second-order valence-corrected chi connectivity index (χ2v) is 13.2. The molecule has 0 fully saturated rings. The van der Waals surface area contributed by atoms with Crippen LogP contribution >= 0.6 is 0 Å². The molecule has 4 aromatic carbocycles. The average molecular weight is 634 g/mol. The third kappa shape index (κ3) is 6.90. The van der Waals surface area contributed by atoms with E-state index in [4.69, 9.17) is 4.74 Å². The summed E-state index contributed by atoms with van der Waals surface area (Å²) in [7, 11) is -8.29. The van der Waals surface area contributed by atoms with Crippen molar-refractivity contribution in [3.05, 3.63) is 137 Å². The van der Waals surface area contributed by atoms with Crippen LogP contribution in [0.15, 0.2) is 109 Å². The fraction of sp³-hybridized carbons (Fsp3) is 0.0968. The zero-order valence-electron chi connectivity index (χ0n) is 23.3. The Balaban J connectivity index is 1.46. The van der Waals surface area contributed by atoms with Crippen molar-refractivity contribution in [3.8, 4) is 5.75 Å². The third-order valence-corrected chi connectivity index (χ3v) is 9.08. The number of sulfonamides is 1. The van der Waals surface area contributed by atoms with E-state index < -0.39 is 43.6 Å². The first-order chi connectivity index (χ1) is 20.9. The Bertz CT molecular complexity index is 1980. The molecule has 0 bridgehead atoms. The van der Waals surface area contributed by atoms with Crippen molar-refractivity contribution < 1.29 is 36.3 Å². The van der Waals surface area contributed by atoms with Gasteiger partial charge in [0.15, 0.2) is 11.5 Å². The minimum Gasteiger partial charge on any atom is -0.493 e. The number of aliphatic hydroxyl groups is 1. The molecule has 0 saturated carbocycles. The third-order valence-electron chi connectivity index (χ3n) is 6.63. The number of hydrogen-bond acceptors (Lipinski definition) is 8. The first-order valence-corrected chi connectivity index (χ1v) is 16.3. The van der Waals surface area contributed by atoms with Gasteiger partial charge in [-0.2, -0.15) is 8.42 Å². The molecule has 0 atom stereocenters. The largest absolute Gasteiger partial charge is 0.493 e. The number of hydrogen-bond donors (Lipinski definition) is 3. The summed E-state index contributed by atoms with van der Waals surface area (Å²) in [5.41, 5.74) is 2.47. The van der Waals surface area contributed by atoms with Crippen LogP contribution < -0.4 is 18.5 Å². The Morgan fingerprint density at radius 3 is 2.20 bits per heavy atom. The normalized spacial score (nSPS) is 13.9. The van der Waals surface area contributed by atoms with Crippen LogP contribution in [0.4, 0.5) is 11.4 Å². The number of para-hydroxylation sites is 1. The SMILES string of the molecule is Cc1cccc(Cc2ccc(N3C=C(O)NS3(=O)=O)c(OC(=O)c3ccccc3)c2)c1NS(=O)(=O)CC(=O)c1ccccc1. The number of carbonyl (C=O) groups excluding carboxylic acids is 2. The van der Waals surface area contributed by atoms with Gasteiger partial charge in [-0.25, -0.2) is 22.2 Å². The first kappa shape index (κ1) is 30.3. The van der Waals surface area contributed by atoms with E-state index in [0.717, 1.165) is 10.5 Å². The molecule has 11 nitrogen and oxygen atoms in total. The van der Waals surface area contributed by atoms with E-state index in [1.165, 1.54) is 12.1 Å². The van der Waals surface area contributed by atoms with Crippen molar-refractivity contribution in [2.24, 2.45) is 0 Å². The molecule has 1 heterocycles. The van der Waals surface area contributed by atoms with Gasteiger partial charge in [0, 0.05) is 5.56 Å². The van der Waals surface area contributed by atoms with Gasteiger partial charge in [-0.1, -0.05) is 72.8 Å². The van der Waals surface area contributed by atoms with Gasteiger partial charge < -0.3 is 9.84 Å². The van der Waals surface area contributed by atoms with Gasteiger partial charge in [-0.05, 0) is 54.3 Å². The summed E-state index contributed by atoms with van der Waals surface area (Å²) in [4.78, 5) is 25.6. The van der Waals surface area contributed by atoms with Gasteiger partial charge in [-0.15, -0.1) is 0 Å². The number of nitrogens with one attached hydrogen (secondary N) is 2. The molecule has 5 rings (SSSR count). The molecule has 0 saturated heterocycles. The average Bonchev–Trinajstić information content (AvgIpc) is 3.26. The molecular formula is C31H27N3O8S2. The first-order valence-electron chi connectivity index (χ1n) is 13.2. The lowest BCUT2D eigenvalue weighted by atomic mass is 10.0. The summed E-state index contributed by atoms with van der Waals surface area (Å²) in [6.07, 6.45) is 1.09. The highest BCUT2D eigenvalue weighted by Crippen LogP contribution is 2.35. The minimum absolute atomic E-state index is 0.0424. The predicted molar refractivity (Wildman–Crippen MR) is 165 cm³/mol. The molecule has 1 aliphatic rings. The lowest BCUT2D eigenvalue weighted by molar-refractivity contribution is 0.0735. The minimum atomic E-state index is -4.20. The molecule has 1 aliphatic heterocycles. The van der Waals surface area contributed by atoms with Gasteiger partial charge >= 0.3 is 16.2 Å². The molecule has 3 N–H and O–H groups in total. The topological polar surface area (TPSA) is 159 Å². The maximum Gasteiger partial charge on any atom is 0.343 e. The Labute approximate surface area is 254 Å². The highest BCUT2D eigenvalue weighted by atomic mass is 32.2. The van der Waals surface area contributed by atoms with Crippen molar-refractivity contribution >= 4 is 43.4 Å². The van der Waals surface area contributed by atoms with Crippen LogP contribution in [-0.2, 0) is 26.7 Å². The van der Waals surface area contributed by atoms with E-state index >= 15 is 0 Å². The standard InChI is InChI=1S/C31H27N3O8S2/c1-21-9-8-14-25(30(21)33-43(38,39)20-27(35)23-10-4-2-5-11-23)17-22-15-16-26(34-19-29(36)32-44(34,40)41)28(18-22)42-31(37)24-12-6-3-7-13-24/h2-16,18-19,32-33,36H,17,20H2,1H3. The van der Waals surface area contributed by atoms with Gasteiger partial charge in [0.2, 0.25) is 15.9 Å². The Kier molecular flexibility index (Phi) is 8.43. The Morgan fingerprint density at radius 2 is 1.57 bits per heavy atom. The van der Waals surface area contributed by atoms with E-state index in [-0.39, 0.29) is 29.0 Å². The maximum atomic E-state index is 13.0. The monoisotopic (exact) mass is 633 g/mol. The van der Waals surface area contributed by atoms with Crippen molar-refractivity contribution in [3.63, 3.8) is 0 Å². The van der Waals surface area contributed by atoms with E-state index in [0.29, 0.717) is 22.4 Å². The number of rotatable bonds is 10. The summed E-state index contributed by atoms with van der Waals surface area (Å²) in [5.74, 6) is -2.78. The number of carbonyl (C=O) groups is 2. The molecule has 0 amide bonds. The van der Waals surface area contributed by atoms with E-state index in [2.05, 4.69) is 4.72 Å². The van der Waals surface area contributed by atoms with Crippen LogP contribution in [0.2, 0.25) is 0 Å². The smallest absolute Gasteiger partial charge is 0.343 e. The number of aryl methyl sites for hydroxylation is 1. The number of Topliss-reactive ketones (excluding diaryl/α,β-unsaturated/α-hetero) is 1. The van der Waals surface area contributed by atoms with Crippen LogP contribution in [0.3, 0.4) is 0 Å². The molecule has 0 unspecified atom stereocenters. The van der Waals surface area contributed by atoms with Crippen molar-refractivity contribution in [1.29, 1.82) is 0 Å². The highest BCUT2D eigenvalue weighted by Gasteiger charge is 2.32. The lowest BCUT2D eigenvalue weighted by Crippen LogP contribution is -2.30. The van der Waals surface area contributed by atoms with Crippen LogP contribution in [0, 0.1) is 6.92 Å². The molecule has 226 valence electrons. The van der Waals surface area contributed by atoms with Crippen molar-refractivity contribution in [1.82, 2.24) is 4.72 Å². The van der Waals surface area contributed by atoms with Gasteiger partial charge in [0.1, 0.15) is 11.4 Å². The zero-order valence-corrected chi connectivity index (χ0v) is 24.9. The fourth-order valence-electron chi connectivity index (χ4n) is 4.57. The quantitative estimate of drug-likeness (QED) is 0.131. The Morgan fingerprint density at radius 1 is 0.909 bits per heavy atom. The van der Waals surface area contributed by atoms with Crippen LogP contribution in [0.1, 0.15) is 37.4 Å². The molecule has 0 radical (unpaired) electrons. The summed E-state index contributed by atoms with van der Waals surface area (Å²) in [5, 5.41) is 9.81. The zero-order chi connectivity index (χ0) is 31.5. The lowest BCUT2D eigenvalue weighted by Gasteiger charge is -2.19. The summed E-state index contributed by atoms with van der Waals surface area (Å²) >= 11 is 0. The van der Waals surface area contributed by atoms with Crippen LogP contribution in [0.25, 0.3) is 0 Å². The van der Waals surface area contributed by atoms with Crippen LogP contribution in [0.5, 0.6) is 5.75 Å². The maximum absolute atomic E-state index is 13.0. The molecular weight excluding hydrogens is 606 g/mol. The molecule has 0 spiro atoms. The molecule has 4 aromatic rings. The number of ether oxygens (including phenoxy) is 1. The number of aliphatic hydroxyl groups excluding tert-OH is 1. The number of esters is 1. The number of benzene rings is 4. The van der Waals surface area contributed by atoms with Crippen molar-refractivity contribution in [2.75, 3.05) is 14.8 Å². The number of ketones is 1. The molecule has 0 aliphatic carbocycles. The second kappa shape index (κ2) is 12.2. The summed E-state index contributed by atoms with van der Waals surface area (Å²) in [6, 6.07) is 25.9. The van der Waals surface area contributed by atoms with Crippen molar-refractivity contribution in [2.45, 2.75) is 13.3 Å². The van der Waals surface area contributed by atoms with Gasteiger partial charge in [-0.3, -0.25) is 9.52 Å². The van der Waals surface area contributed by atoms with Gasteiger partial charge in [0.05, 0.1) is 17.5 Å². The second-order valence-electron chi connectivity index (χ2n) is 9.91. The number of anilines is 2. The van der Waals surface area contributed by atoms with Crippen LogP contribution in [-0.4, -0.2) is 39.4 Å². The summed E-state index contributed by atoms with van der Waals surface area (Å²) < 4.78 is 62.2. The van der Waals surface area contributed by atoms with Gasteiger partial charge in [0.25, 0.3) is 0 Å². The van der Waals surface area contributed by atoms with E-state index in [9.17, 15) is 31.5 Å². The molecule has 0 aromatic heterocycles. The predicted octanol–water partition coefficient (Wildman–Crippen LogP) is 4.44. The Hall–Kier alpha value is -5.14.